The molecule has 3 heteroatoms. The highest BCUT2D eigenvalue weighted by molar-refractivity contribution is 5.84. The summed E-state index contributed by atoms with van der Waals surface area (Å²) in [5.74, 6) is 0.496. The molecule has 0 bridgehead atoms. The lowest BCUT2D eigenvalue weighted by molar-refractivity contribution is 0.468. The Hall–Kier alpha value is -2.29. The monoisotopic (exact) mass is 255 g/mol. The van der Waals surface area contributed by atoms with Gasteiger partial charge in [-0.1, -0.05) is 24.3 Å². The van der Waals surface area contributed by atoms with Gasteiger partial charge in [0.1, 0.15) is 11.5 Å². The molecular weight excluding hydrogens is 238 g/mol. The molecule has 2 aromatic carbocycles. The lowest BCUT2D eigenvalue weighted by Gasteiger charge is -2.05. The van der Waals surface area contributed by atoms with Crippen molar-refractivity contribution in [3.05, 3.63) is 58.7 Å². The van der Waals surface area contributed by atoms with Crippen molar-refractivity contribution in [1.29, 1.82) is 0 Å². The minimum absolute atomic E-state index is 0.240. The predicted octanol–water partition coefficient (Wildman–Crippen LogP) is 3.33. The van der Waals surface area contributed by atoms with E-state index in [0.29, 0.717) is 12.1 Å². The minimum Gasteiger partial charge on any atom is -0.508 e. The molecule has 0 spiro atoms. The fourth-order valence-corrected chi connectivity index (χ4v) is 1.98. The molecule has 0 saturated heterocycles. The van der Waals surface area contributed by atoms with E-state index < -0.39 is 0 Å². The number of aliphatic imine (C=N–C) groups is 1. The summed E-state index contributed by atoms with van der Waals surface area (Å²) in [5, 5.41) is 19.6. The van der Waals surface area contributed by atoms with Crippen LogP contribution in [0.2, 0.25) is 0 Å². The van der Waals surface area contributed by atoms with Gasteiger partial charge >= 0.3 is 0 Å². The van der Waals surface area contributed by atoms with Crippen LogP contribution >= 0.6 is 0 Å². The zero-order valence-corrected chi connectivity index (χ0v) is 11.1. The summed E-state index contributed by atoms with van der Waals surface area (Å²) in [5.41, 5.74) is 3.39. The quantitative estimate of drug-likeness (QED) is 0.826. The Morgan fingerprint density at radius 3 is 2.58 bits per heavy atom. The van der Waals surface area contributed by atoms with E-state index in [4.69, 9.17) is 0 Å². The SMILES string of the molecule is Cc1cc(C)c(O)c(C=NCc2ccccc2O)c1. The van der Waals surface area contributed by atoms with Gasteiger partial charge in [0.05, 0.1) is 6.54 Å². The van der Waals surface area contributed by atoms with Gasteiger partial charge in [-0.25, -0.2) is 0 Å². The summed E-state index contributed by atoms with van der Waals surface area (Å²) in [6.45, 7) is 4.23. The number of para-hydroxylation sites is 1. The van der Waals surface area contributed by atoms with E-state index in [-0.39, 0.29) is 11.5 Å². The molecule has 0 unspecified atom stereocenters. The molecule has 0 fully saturated rings. The largest absolute Gasteiger partial charge is 0.508 e. The molecule has 0 aliphatic heterocycles. The van der Waals surface area contributed by atoms with Crippen LogP contribution in [0.25, 0.3) is 0 Å². The molecule has 0 aromatic heterocycles. The van der Waals surface area contributed by atoms with Crippen LogP contribution in [0.15, 0.2) is 41.4 Å². The molecule has 19 heavy (non-hydrogen) atoms. The molecule has 3 nitrogen and oxygen atoms in total. The second kappa shape index (κ2) is 5.57. The number of nitrogens with zero attached hydrogens (tertiary/aromatic N) is 1. The van der Waals surface area contributed by atoms with Crippen molar-refractivity contribution in [1.82, 2.24) is 0 Å². The number of aromatic hydroxyl groups is 2. The maximum absolute atomic E-state index is 9.93. The van der Waals surface area contributed by atoms with Crippen molar-refractivity contribution in [3.8, 4) is 11.5 Å². The van der Waals surface area contributed by atoms with Crippen molar-refractivity contribution < 1.29 is 10.2 Å². The number of aryl methyl sites for hydroxylation is 2. The van der Waals surface area contributed by atoms with E-state index in [1.54, 1.807) is 18.3 Å². The van der Waals surface area contributed by atoms with Gasteiger partial charge in [0.25, 0.3) is 0 Å². The molecule has 0 saturated carbocycles. The third-order valence-electron chi connectivity index (χ3n) is 2.96. The molecule has 0 amide bonds. The third-order valence-corrected chi connectivity index (χ3v) is 2.96. The normalized spacial score (nSPS) is 11.1. The molecular formula is C16H17NO2. The van der Waals surface area contributed by atoms with Crippen LogP contribution in [0.1, 0.15) is 22.3 Å². The van der Waals surface area contributed by atoms with Gasteiger partial charge < -0.3 is 10.2 Å². The van der Waals surface area contributed by atoms with Gasteiger partial charge in [-0.05, 0) is 37.1 Å². The van der Waals surface area contributed by atoms with Crippen LogP contribution in [0.5, 0.6) is 11.5 Å². The average Bonchev–Trinajstić information content (AvgIpc) is 2.37. The lowest BCUT2D eigenvalue weighted by Crippen LogP contribution is -1.89. The molecule has 2 rings (SSSR count). The standard InChI is InChI=1S/C16H17NO2/c1-11-7-12(2)16(19)14(8-11)10-17-9-13-5-3-4-6-15(13)18/h3-8,10,18-19H,9H2,1-2H3. The Balaban J connectivity index is 2.18. The van der Waals surface area contributed by atoms with Crippen molar-refractivity contribution in [2.24, 2.45) is 4.99 Å². The van der Waals surface area contributed by atoms with Crippen LogP contribution < -0.4 is 0 Å². The maximum atomic E-state index is 9.93. The predicted molar refractivity (Wildman–Crippen MR) is 77.0 cm³/mol. The van der Waals surface area contributed by atoms with Crippen molar-refractivity contribution in [2.45, 2.75) is 20.4 Å². The third kappa shape index (κ3) is 3.13. The molecule has 0 aliphatic rings. The van der Waals surface area contributed by atoms with Crippen LogP contribution in [-0.4, -0.2) is 16.4 Å². The minimum atomic E-state index is 0.240. The first-order valence-corrected chi connectivity index (χ1v) is 6.15. The highest BCUT2D eigenvalue weighted by Gasteiger charge is 2.03. The van der Waals surface area contributed by atoms with Gasteiger partial charge in [-0.15, -0.1) is 0 Å². The van der Waals surface area contributed by atoms with Crippen LogP contribution in [0.3, 0.4) is 0 Å². The van der Waals surface area contributed by atoms with Gasteiger partial charge in [0.2, 0.25) is 0 Å². The van der Waals surface area contributed by atoms with Crippen molar-refractivity contribution >= 4 is 6.21 Å². The van der Waals surface area contributed by atoms with E-state index >= 15 is 0 Å². The molecule has 0 heterocycles. The molecule has 0 radical (unpaired) electrons. The van der Waals surface area contributed by atoms with E-state index in [1.165, 1.54) is 0 Å². The van der Waals surface area contributed by atoms with Crippen LogP contribution in [0, 0.1) is 13.8 Å². The fraction of sp³-hybridized carbons (Fsp3) is 0.188. The van der Waals surface area contributed by atoms with E-state index in [2.05, 4.69) is 4.99 Å². The van der Waals surface area contributed by atoms with Crippen molar-refractivity contribution in [3.63, 3.8) is 0 Å². The Morgan fingerprint density at radius 1 is 1.11 bits per heavy atom. The van der Waals surface area contributed by atoms with Crippen LogP contribution in [0.4, 0.5) is 0 Å². The Bertz CT molecular complexity index is 618. The molecule has 98 valence electrons. The first-order chi connectivity index (χ1) is 9.08. The number of benzene rings is 2. The summed E-state index contributed by atoms with van der Waals surface area (Å²) < 4.78 is 0. The molecule has 0 atom stereocenters. The second-order valence-electron chi connectivity index (χ2n) is 4.62. The number of hydrogen-bond donors (Lipinski definition) is 2. The Morgan fingerprint density at radius 2 is 1.84 bits per heavy atom. The Labute approximate surface area is 112 Å². The summed E-state index contributed by atoms with van der Waals surface area (Å²) in [4.78, 5) is 4.27. The van der Waals surface area contributed by atoms with Crippen molar-refractivity contribution in [2.75, 3.05) is 0 Å². The second-order valence-corrected chi connectivity index (χ2v) is 4.62. The first-order valence-electron chi connectivity index (χ1n) is 6.15. The zero-order valence-electron chi connectivity index (χ0n) is 11.1. The summed E-state index contributed by atoms with van der Waals surface area (Å²) in [6.07, 6.45) is 1.64. The molecule has 2 aromatic rings. The zero-order chi connectivity index (χ0) is 13.8. The lowest BCUT2D eigenvalue weighted by atomic mass is 10.1. The summed E-state index contributed by atoms with van der Waals surface area (Å²) in [7, 11) is 0. The maximum Gasteiger partial charge on any atom is 0.127 e. The average molecular weight is 255 g/mol. The van der Waals surface area contributed by atoms with Gasteiger partial charge in [-0.3, -0.25) is 4.99 Å². The first kappa shape index (κ1) is 13.1. The number of phenolic OH excluding ortho intramolecular Hbond substituents is 2. The highest BCUT2D eigenvalue weighted by atomic mass is 16.3. The molecule has 2 N–H and O–H groups in total. The fourth-order valence-electron chi connectivity index (χ4n) is 1.98. The van der Waals surface area contributed by atoms with E-state index in [9.17, 15) is 10.2 Å². The number of phenols is 2. The topological polar surface area (TPSA) is 52.8 Å². The van der Waals surface area contributed by atoms with E-state index in [0.717, 1.165) is 16.7 Å². The van der Waals surface area contributed by atoms with Gasteiger partial charge in [0, 0.05) is 17.3 Å². The smallest absolute Gasteiger partial charge is 0.127 e. The Kier molecular flexibility index (Phi) is 3.85. The summed E-state index contributed by atoms with van der Waals surface area (Å²) in [6, 6.07) is 10.9. The highest BCUT2D eigenvalue weighted by Crippen LogP contribution is 2.22. The van der Waals surface area contributed by atoms with Gasteiger partial charge in [-0.2, -0.15) is 0 Å². The summed E-state index contributed by atoms with van der Waals surface area (Å²) >= 11 is 0. The number of hydrogen-bond acceptors (Lipinski definition) is 3. The van der Waals surface area contributed by atoms with Gasteiger partial charge in [0.15, 0.2) is 0 Å². The molecule has 0 aliphatic carbocycles. The van der Waals surface area contributed by atoms with E-state index in [1.807, 2.05) is 38.1 Å². The number of rotatable bonds is 3. The van der Waals surface area contributed by atoms with Crippen LogP contribution in [-0.2, 0) is 6.54 Å².